The summed E-state index contributed by atoms with van der Waals surface area (Å²) in [5.74, 6) is 8.00. The van der Waals surface area contributed by atoms with Crippen LogP contribution in [0.1, 0.15) is 13.3 Å². The van der Waals surface area contributed by atoms with E-state index >= 15 is 0 Å². The van der Waals surface area contributed by atoms with Gasteiger partial charge >= 0.3 is 0 Å². The van der Waals surface area contributed by atoms with Crippen LogP contribution < -0.4 is 17.1 Å². The third-order valence-corrected chi connectivity index (χ3v) is 0.869. The molecule has 0 spiro atoms. The fraction of sp³-hybridized carbons (Fsp3) is 0.750. The maximum Gasteiger partial charge on any atom is 0.0382 e. The Morgan fingerprint density at radius 2 is 2.11 bits per heavy atom. The number of nitrogens with two attached hydrogens (primary N) is 2. The van der Waals surface area contributed by atoms with Gasteiger partial charge in [-0.15, -0.1) is 0 Å². The minimum atomic E-state index is 0. The van der Waals surface area contributed by atoms with Crippen LogP contribution in [0.2, 0.25) is 0 Å². The van der Waals surface area contributed by atoms with Gasteiger partial charge in [-0.05, 0) is 6.92 Å². The van der Waals surface area contributed by atoms with Crippen LogP contribution in [0.25, 0.3) is 0 Å². The maximum absolute atomic E-state index is 4.00. The lowest BCUT2D eigenvalue weighted by Gasteiger charge is -1.76. The molecule has 1 heterocycles. The van der Waals surface area contributed by atoms with Crippen molar-refractivity contribution in [2.45, 2.75) is 13.3 Å². The number of rotatable bonds is 0. The lowest BCUT2D eigenvalue weighted by molar-refractivity contribution is 0.813. The minimum absolute atomic E-state index is 0. The summed E-state index contributed by atoms with van der Waals surface area (Å²) >= 11 is 0. The summed E-state index contributed by atoms with van der Waals surface area (Å²) in [4.78, 5) is 0. The second-order valence-corrected chi connectivity index (χ2v) is 1.51. The van der Waals surface area contributed by atoms with Crippen molar-refractivity contribution < 1.29 is 5.48 Å². The zero-order valence-electron chi connectivity index (χ0n) is 5.52. The Morgan fingerprint density at radius 3 is 2.22 bits per heavy atom. The molecule has 5 heteroatoms. The number of hydrazine groups is 1. The zero-order chi connectivity index (χ0) is 6.41. The predicted molar refractivity (Wildman–Crippen MR) is 37.7 cm³/mol. The molecule has 0 saturated heterocycles. The fourth-order valence-corrected chi connectivity index (χ4v) is 0.484. The van der Waals surface area contributed by atoms with Gasteiger partial charge in [0.25, 0.3) is 0 Å². The van der Waals surface area contributed by atoms with Gasteiger partial charge in [-0.3, -0.25) is 11.7 Å². The highest BCUT2D eigenvalue weighted by atomic mass is 16.0. The van der Waals surface area contributed by atoms with Crippen LogP contribution in [0, 0.1) is 0 Å². The summed E-state index contributed by atoms with van der Waals surface area (Å²) < 4.78 is 0. The molecule has 0 aromatic rings. The van der Waals surface area contributed by atoms with E-state index in [2.05, 4.69) is 22.2 Å². The maximum atomic E-state index is 4.00. The zero-order valence-corrected chi connectivity index (χ0v) is 5.52. The van der Waals surface area contributed by atoms with E-state index in [1.807, 2.05) is 6.92 Å². The first kappa shape index (κ1) is 11.2. The predicted octanol–water partition coefficient (Wildman–Crippen LogP) is -1.65. The van der Waals surface area contributed by atoms with Gasteiger partial charge in [0.15, 0.2) is 0 Å². The van der Waals surface area contributed by atoms with Crippen LogP contribution in [-0.4, -0.2) is 17.7 Å². The minimum Gasteiger partial charge on any atom is -0.412 e. The van der Waals surface area contributed by atoms with Crippen LogP contribution in [-0.2, 0) is 0 Å². The number of hydrogen-bond donors (Lipinski definition) is 3. The highest BCUT2D eigenvalue weighted by Gasteiger charge is 1.95. The Kier molecular flexibility index (Phi) is 9.14. The van der Waals surface area contributed by atoms with Crippen molar-refractivity contribution in [2.24, 2.45) is 16.8 Å². The highest BCUT2D eigenvalue weighted by Crippen LogP contribution is 1.88. The van der Waals surface area contributed by atoms with E-state index < -0.39 is 0 Å². The van der Waals surface area contributed by atoms with Crippen molar-refractivity contribution in [3.63, 3.8) is 0 Å². The molecule has 0 saturated carbocycles. The van der Waals surface area contributed by atoms with Gasteiger partial charge in [-0.1, -0.05) is 0 Å². The molecule has 0 radical (unpaired) electrons. The topological polar surface area (TPSA) is 108 Å². The lowest BCUT2D eigenvalue weighted by Crippen LogP contribution is -2.02. The molecule has 9 heavy (non-hydrogen) atoms. The third-order valence-electron chi connectivity index (χ3n) is 0.869. The normalized spacial score (nSPS) is 13.9. The third kappa shape index (κ3) is 5.22. The molecule has 56 valence electrons. The summed E-state index contributed by atoms with van der Waals surface area (Å²) in [6.07, 6.45) is 1.12. The molecule has 1 rings (SSSR count). The number of hydrazone groups is 1. The Bertz CT molecular complexity index is 82.6. The van der Waals surface area contributed by atoms with Crippen LogP contribution in [0.3, 0.4) is 0 Å². The van der Waals surface area contributed by atoms with Gasteiger partial charge in [0, 0.05) is 18.7 Å². The Morgan fingerprint density at radius 1 is 1.56 bits per heavy atom. The van der Waals surface area contributed by atoms with Crippen molar-refractivity contribution in [3.8, 4) is 0 Å². The molecule has 5 nitrogen and oxygen atoms in total. The first-order chi connectivity index (χ1) is 3.89. The van der Waals surface area contributed by atoms with Crippen molar-refractivity contribution >= 4 is 5.71 Å². The highest BCUT2D eigenvalue weighted by molar-refractivity contribution is 5.82. The second kappa shape index (κ2) is 7.35. The average Bonchev–Trinajstić information content (AvgIpc) is 2.24. The van der Waals surface area contributed by atoms with E-state index in [0.29, 0.717) is 0 Å². The molecule has 0 atom stereocenters. The molecule has 1 aliphatic heterocycles. The summed E-state index contributed by atoms with van der Waals surface area (Å²) in [6, 6.07) is 0. The van der Waals surface area contributed by atoms with E-state index in [9.17, 15) is 0 Å². The quantitative estimate of drug-likeness (QED) is 0.273. The SMILES string of the molecule is CC1=NNCC1.NN.O. The summed E-state index contributed by atoms with van der Waals surface area (Å²) in [7, 11) is 0. The molecule has 0 bridgehead atoms. The van der Waals surface area contributed by atoms with Crippen molar-refractivity contribution in [3.05, 3.63) is 0 Å². The molecule has 0 fully saturated rings. The van der Waals surface area contributed by atoms with Crippen LogP contribution in [0.5, 0.6) is 0 Å². The first-order valence-electron chi connectivity index (χ1n) is 2.49. The van der Waals surface area contributed by atoms with Crippen molar-refractivity contribution in [2.75, 3.05) is 6.54 Å². The molecular weight excluding hydrogens is 120 g/mol. The van der Waals surface area contributed by atoms with Crippen molar-refractivity contribution in [1.82, 2.24) is 5.43 Å². The Balaban J connectivity index is 0. The van der Waals surface area contributed by atoms with E-state index in [1.165, 1.54) is 5.71 Å². The van der Waals surface area contributed by atoms with Crippen molar-refractivity contribution in [1.29, 1.82) is 0 Å². The van der Waals surface area contributed by atoms with Gasteiger partial charge < -0.3 is 10.9 Å². The molecule has 0 aliphatic carbocycles. The molecule has 0 unspecified atom stereocenters. The number of nitrogens with one attached hydrogen (secondary N) is 1. The van der Waals surface area contributed by atoms with Crippen LogP contribution >= 0.6 is 0 Å². The Labute approximate surface area is 54.4 Å². The number of nitrogens with zero attached hydrogens (tertiary/aromatic N) is 1. The second-order valence-electron chi connectivity index (χ2n) is 1.51. The largest absolute Gasteiger partial charge is 0.412 e. The fourth-order valence-electron chi connectivity index (χ4n) is 0.484. The summed E-state index contributed by atoms with van der Waals surface area (Å²) in [6.45, 7) is 3.06. The molecule has 0 aromatic carbocycles. The van der Waals surface area contributed by atoms with Gasteiger partial charge in [-0.2, -0.15) is 5.10 Å². The summed E-state index contributed by atoms with van der Waals surface area (Å²) in [5, 5.41) is 3.90. The van der Waals surface area contributed by atoms with Crippen LogP contribution in [0.4, 0.5) is 0 Å². The lowest BCUT2D eigenvalue weighted by atomic mass is 10.3. The molecule has 0 amide bonds. The number of hydrogen-bond acceptors (Lipinski definition) is 4. The molecule has 0 aromatic heterocycles. The van der Waals surface area contributed by atoms with E-state index in [-0.39, 0.29) is 5.48 Å². The monoisotopic (exact) mass is 134 g/mol. The van der Waals surface area contributed by atoms with Crippen LogP contribution in [0.15, 0.2) is 5.10 Å². The van der Waals surface area contributed by atoms with Gasteiger partial charge in [0.05, 0.1) is 0 Å². The average molecular weight is 134 g/mol. The summed E-state index contributed by atoms with van der Waals surface area (Å²) in [5.41, 5.74) is 4.08. The van der Waals surface area contributed by atoms with Gasteiger partial charge in [0.1, 0.15) is 0 Å². The molecule has 1 aliphatic rings. The van der Waals surface area contributed by atoms with E-state index in [0.717, 1.165) is 13.0 Å². The van der Waals surface area contributed by atoms with Gasteiger partial charge in [-0.25, -0.2) is 0 Å². The van der Waals surface area contributed by atoms with E-state index in [4.69, 9.17) is 0 Å². The first-order valence-corrected chi connectivity index (χ1v) is 2.49. The van der Waals surface area contributed by atoms with Gasteiger partial charge in [0.2, 0.25) is 0 Å². The van der Waals surface area contributed by atoms with E-state index in [1.54, 1.807) is 0 Å². The standard InChI is InChI=1S/C4H8N2.H4N2.H2O/c1-4-2-3-5-6-4;1-2;/h5H,2-3H2,1H3;1-2H2;1H2. The smallest absolute Gasteiger partial charge is 0.0382 e. The molecule has 7 N–H and O–H groups in total. The Hall–Kier alpha value is -0.650. The molecular formula is C4H14N4O.